The molecule has 3 nitrogen and oxygen atoms in total. The molecule has 1 aliphatic heterocycles. The lowest BCUT2D eigenvalue weighted by Gasteiger charge is -2.22. The van der Waals surface area contributed by atoms with E-state index in [2.05, 4.69) is 41.5 Å². The third-order valence-corrected chi connectivity index (χ3v) is 4.01. The van der Waals surface area contributed by atoms with Crippen LogP contribution < -0.4 is 5.32 Å². The zero-order valence-electron chi connectivity index (χ0n) is 12.0. The third-order valence-electron chi connectivity index (χ3n) is 4.01. The fraction of sp³-hybridized carbons (Fsp3) is 0.471. The number of fused-ring (bicyclic) bond motifs is 1. The lowest BCUT2D eigenvalue weighted by atomic mass is 9.98. The molecule has 1 fully saturated rings. The van der Waals surface area contributed by atoms with E-state index in [1.807, 2.05) is 12.3 Å². The second-order valence-corrected chi connectivity index (χ2v) is 5.44. The fourth-order valence-electron chi connectivity index (χ4n) is 2.98. The lowest BCUT2D eigenvalue weighted by molar-refractivity contribution is 0.0948. The molecule has 2 atom stereocenters. The highest BCUT2D eigenvalue weighted by Crippen LogP contribution is 2.26. The van der Waals surface area contributed by atoms with E-state index in [4.69, 9.17) is 4.74 Å². The average molecular weight is 270 g/mol. The van der Waals surface area contributed by atoms with E-state index in [0.29, 0.717) is 12.1 Å². The highest BCUT2D eigenvalue weighted by atomic mass is 16.5. The Labute approximate surface area is 120 Å². The summed E-state index contributed by atoms with van der Waals surface area (Å²) in [5.74, 6) is 0. The summed E-state index contributed by atoms with van der Waals surface area (Å²) in [7, 11) is 0. The Morgan fingerprint density at radius 2 is 2.35 bits per heavy atom. The van der Waals surface area contributed by atoms with Gasteiger partial charge in [0, 0.05) is 24.2 Å². The van der Waals surface area contributed by atoms with Crippen molar-refractivity contribution in [2.75, 3.05) is 13.2 Å². The molecule has 0 bridgehead atoms. The maximum Gasteiger partial charge on any atom is 0.0705 e. The quantitative estimate of drug-likeness (QED) is 0.903. The van der Waals surface area contributed by atoms with Crippen molar-refractivity contribution in [1.82, 2.24) is 10.3 Å². The van der Waals surface area contributed by atoms with Gasteiger partial charge in [0.15, 0.2) is 0 Å². The highest BCUT2D eigenvalue weighted by Gasteiger charge is 2.21. The first-order valence-corrected chi connectivity index (χ1v) is 7.56. The van der Waals surface area contributed by atoms with Crippen molar-refractivity contribution in [3.8, 4) is 0 Å². The van der Waals surface area contributed by atoms with Gasteiger partial charge in [-0.15, -0.1) is 0 Å². The van der Waals surface area contributed by atoms with Gasteiger partial charge in [-0.3, -0.25) is 4.98 Å². The molecule has 1 saturated heterocycles. The Balaban J connectivity index is 1.83. The number of aromatic nitrogens is 1. The molecule has 0 aliphatic carbocycles. The van der Waals surface area contributed by atoms with Crippen molar-refractivity contribution >= 4 is 10.9 Å². The van der Waals surface area contributed by atoms with Crippen LogP contribution in [0.25, 0.3) is 10.9 Å². The monoisotopic (exact) mass is 270 g/mol. The SMILES string of the molecule is CCNC(CC1CCCO1)c1ccc2cccnc2c1. The Morgan fingerprint density at radius 1 is 1.40 bits per heavy atom. The van der Waals surface area contributed by atoms with Crippen LogP contribution in [0.1, 0.15) is 37.8 Å². The number of hydrogen-bond donors (Lipinski definition) is 1. The first-order valence-electron chi connectivity index (χ1n) is 7.56. The van der Waals surface area contributed by atoms with Gasteiger partial charge >= 0.3 is 0 Å². The first-order chi connectivity index (χ1) is 9.86. The van der Waals surface area contributed by atoms with Crippen molar-refractivity contribution in [2.24, 2.45) is 0 Å². The fourth-order valence-corrected chi connectivity index (χ4v) is 2.98. The Kier molecular flexibility index (Phi) is 4.28. The summed E-state index contributed by atoms with van der Waals surface area (Å²) in [6.07, 6.45) is 5.69. The second-order valence-electron chi connectivity index (χ2n) is 5.44. The molecule has 0 radical (unpaired) electrons. The normalized spacial score (nSPS) is 20.4. The zero-order chi connectivity index (χ0) is 13.8. The minimum absolute atomic E-state index is 0.356. The maximum absolute atomic E-state index is 5.78. The van der Waals surface area contributed by atoms with Crippen LogP contribution in [-0.2, 0) is 4.74 Å². The van der Waals surface area contributed by atoms with E-state index in [1.165, 1.54) is 23.8 Å². The van der Waals surface area contributed by atoms with Gasteiger partial charge < -0.3 is 10.1 Å². The van der Waals surface area contributed by atoms with Crippen LogP contribution in [0.5, 0.6) is 0 Å². The Morgan fingerprint density at radius 3 is 3.15 bits per heavy atom. The van der Waals surface area contributed by atoms with Crippen LogP contribution >= 0.6 is 0 Å². The maximum atomic E-state index is 5.78. The van der Waals surface area contributed by atoms with Gasteiger partial charge in [-0.2, -0.15) is 0 Å². The molecule has 3 heteroatoms. The summed E-state index contributed by atoms with van der Waals surface area (Å²) in [4.78, 5) is 4.46. The van der Waals surface area contributed by atoms with Crippen molar-refractivity contribution < 1.29 is 4.74 Å². The number of rotatable bonds is 5. The standard InChI is InChI=1S/C17H22N2O/c1-2-18-17(12-15-6-4-10-20-15)14-8-7-13-5-3-9-19-16(13)11-14/h3,5,7-9,11,15,17-18H,2,4,6,10,12H2,1H3. The summed E-state index contributed by atoms with van der Waals surface area (Å²) >= 11 is 0. The van der Waals surface area contributed by atoms with E-state index in [-0.39, 0.29) is 0 Å². The molecule has 2 unspecified atom stereocenters. The van der Waals surface area contributed by atoms with E-state index >= 15 is 0 Å². The van der Waals surface area contributed by atoms with Crippen LogP contribution in [0.4, 0.5) is 0 Å². The summed E-state index contributed by atoms with van der Waals surface area (Å²) in [6, 6.07) is 11.0. The minimum Gasteiger partial charge on any atom is -0.378 e. The van der Waals surface area contributed by atoms with Gasteiger partial charge in [-0.25, -0.2) is 0 Å². The van der Waals surface area contributed by atoms with E-state index < -0.39 is 0 Å². The molecule has 3 rings (SSSR count). The summed E-state index contributed by atoms with van der Waals surface area (Å²) in [5, 5.41) is 4.78. The molecular weight excluding hydrogens is 248 g/mol. The molecule has 1 aromatic heterocycles. The number of nitrogens with zero attached hydrogens (tertiary/aromatic N) is 1. The molecule has 0 amide bonds. The number of pyridine rings is 1. The molecule has 106 valence electrons. The third kappa shape index (κ3) is 3.00. The molecule has 1 aliphatic rings. The van der Waals surface area contributed by atoms with Crippen molar-refractivity contribution in [3.63, 3.8) is 0 Å². The average Bonchev–Trinajstić information content (AvgIpc) is 2.99. The first kappa shape index (κ1) is 13.5. The topological polar surface area (TPSA) is 34.1 Å². The molecule has 0 saturated carbocycles. The molecule has 2 aromatic rings. The van der Waals surface area contributed by atoms with Gasteiger partial charge in [-0.05, 0) is 43.5 Å². The highest BCUT2D eigenvalue weighted by molar-refractivity contribution is 5.78. The van der Waals surface area contributed by atoms with Gasteiger partial charge in [0.1, 0.15) is 0 Å². The summed E-state index contributed by atoms with van der Waals surface area (Å²) in [6.45, 7) is 4.04. The van der Waals surface area contributed by atoms with E-state index in [0.717, 1.165) is 25.1 Å². The minimum atomic E-state index is 0.356. The molecule has 1 N–H and O–H groups in total. The molecular formula is C17H22N2O. The molecule has 2 heterocycles. The van der Waals surface area contributed by atoms with Gasteiger partial charge in [0.25, 0.3) is 0 Å². The zero-order valence-corrected chi connectivity index (χ0v) is 12.0. The predicted molar refractivity (Wildman–Crippen MR) is 81.8 cm³/mol. The summed E-state index contributed by atoms with van der Waals surface area (Å²) < 4.78 is 5.78. The van der Waals surface area contributed by atoms with Crippen molar-refractivity contribution in [3.05, 3.63) is 42.1 Å². The predicted octanol–water partition coefficient (Wildman–Crippen LogP) is 3.45. The number of nitrogens with one attached hydrogen (secondary N) is 1. The molecule has 20 heavy (non-hydrogen) atoms. The van der Waals surface area contributed by atoms with Gasteiger partial charge in [0.2, 0.25) is 0 Å². The van der Waals surface area contributed by atoms with Gasteiger partial charge in [-0.1, -0.05) is 25.1 Å². The molecule has 0 spiro atoms. The van der Waals surface area contributed by atoms with Crippen molar-refractivity contribution in [1.29, 1.82) is 0 Å². The van der Waals surface area contributed by atoms with Crippen LogP contribution in [0.2, 0.25) is 0 Å². The van der Waals surface area contributed by atoms with E-state index in [1.54, 1.807) is 0 Å². The number of ether oxygens (including phenoxy) is 1. The smallest absolute Gasteiger partial charge is 0.0705 e. The van der Waals surface area contributed by atoms with Crippen LogP contribution in [-0.4, -0.2) is 24.2 Å². The van der Waals surface area contributed by atoms with Crippen molar-refractivity contribution in [2.45, 2.75) is 38.3 Å². The second kappa shape index (κ2) is 6.33. The molecule has 1 aromatic carbocycles. The Bertz CT molecular complexity index is 564. The number of hydrogen-bond acceptors (Lipinski definition) is 3. The Hall–Kier alpha value is -1.45. The largest absolute Gasteiger partial charge is 0.378 e. The van der Waals surface area contributed by atoms with Crippen LogP contribution in [0, 0.1) is 0 Å². The van der Waals surface area contributed by atoms with Gasteiger partial charge in [0.05, 0.1) is 11.6 Å². The summed E-state index contributed by atoms with van der Waals surface area (Å²) in [5.41, 5.74) is 2.38. The number of benzene rings is 1. The van der Waals surface area contributed by atoms with Crippen LogP contribution in [0.15, 0.2) is 36.5 Å². The van der Waals surface area contributed by atoms with Crippen LogP contribution in [0.3, 0.4) is 0 Å². The lowest BCUT2D eigenvalue weighted by Crippen LogP contribution is -2.25. The van der Waals surface area contributed by atoms with E-state index in [9.17, 15) is 0 Å².